The average Bonchev–Trinajstić information content (AvgIpc) is 2.87. The summed E-state index contributed by atoms with van der Waals surface area (Å²) in [7, 11) is 1.66. The molecule has 1 atom stereocenters. The molecule has 0 N–H and O–H groups in total. The minimum absolute atomic E-state index is 0.191. The number of benzene rings is 2. The number of morpholine rings is 1. The maximum Gasteiger partial charge on any atom is 0.244 e. The Kier molecular flexibility index (Phi) is 7.98. The third-order valence-corrected chi connectivity index (χ3v) is 6.18. The van der Waals surface area contributed by atoms with Gasteiger partial charge in [-0.05, 0) is 29.8 Å². The Morgan fingerprint density at radius 3 is 2.22 bits per heavy atom. The number of nitrogens with zero attached hydrogens (tertiary/aromatic N) is 3. The van der Waals surface area contributed by atoms with Gasteiger partial charge in [0, 0.05) is 45.8 Å². The lowest BCUT2D eigenvalue weighted by molar-refractivity contribution is -0.142. The van der Waals surface area contributed by atoms with Crippen molar-refractivity contribution >= 4 is 5.91 Å². The predicted molar refractivity (Wildman–Crippen MR) is 123 cm³/mol. The molecule has 0 aliphatic carbocycles. The molecule has 2 saturated heterocycles. The minimum atomic E-state index is -0.230. The van der Waals surface area contributed by atoms with Gasteiger partial charge in [0.2, 0.25) is 5.91 Å². The second kappa shape index (κ2) is 11.3. The van der Waals surface area contributed by atoms with Gasteiger partial charge in [0.15, 0.2) is 0 Å². The van der Waals surface area contributed by atoms with Gasteiger partial charge >= 0.3 is 0 Å². The number of ether oxygens (including phenoxy) is 3. The third-order valence-electron chi connectivity index (χ3n) is 6.18. The van der Waals surface area contributed by atoms with E-state index in [0.717, 1.165) is 49.8 Å². The van der Waals surface area contributed by atoms with Crippen LogP contribution < -0.4 is 9.47 Å². The van der Waals surface area contributed by atoms with E-state index in [1.54, 1.807) is 7.11 Å². The summed E-state index contributed by atoms with van der Waals surface area (Å²) in [5.41, 5.74) is 1.07. The molecule has 2 aromatic carbocycles. The quantitative estimate of drug-likeness (QED) is 0.629. The first kappa shape index (κ1) is 22.6. The lowest BCUT2D eigenvalue weighted by Gasteiger charge is -2.41. The number of hydrogen-bond donors (Lipinski definition) is 0. The molecule has 7 heteroatoms. The predicted octanol–water partition coefficient (Wildman–Crippen LogP) is 2.29. The van der Waals surface area contributed by atoms with Crippen LogP contribution in [0.4, 0.5) is 0 Å². The Labute approximate surface area is 190 Å². The zero-order chi connectivity index (χ0) is 22.2. The lowest BCUT2D eigenvalue weighted by Crippen LogP contribution is -2.53. The number of hydrogen-bond acceptors (Lipinski definition) is 6. The Balaban J connectivity index is 1.31. The second-order valence-electron chi connectivity index (χ2n) is 8.15. The van der Waals surface area contributed by atoms with E-state index in [9.17, 15) is 4.79 Å². The highest BCUT2D eigenvalue weighted by atomic mass is 16.5. The van der Waals surface area contributed by atoms with Gasteiger partial charge in [0.05, 0.1) is 20.3 Å². The summed E-state index contributed by atoms with van der Waals surface area (Å²) >= 11 is 0. The van der Waals surface area contributed by atoms with Gasteiger partial charge in [0.25, 0.3) is 0 Å². The Bertz CT molecular complexity index is 832. The smallest absolute Gasteiger partial charge is 0.244 e. The van der Waals surface area contributed by atoms with E-state index in [1.807, 2.05) is 47.4 Å². The first-order chi connectivity index (χ1) is 15.7. The summed E-state index contributed by atoms with van der Waals surface area (Å²) in [6.07, 6.45) is 0. The van der Waals surface area contributed by atoms with Crippen LogP contribution in [0.5, 0.6) is 11.5 Å². The highest BCUT2D eigenvalue weighted by Crippen LogP contribution is 2.25. The fourth-order valence-electron chi connectivity index (χ4n) is 4.31. The fraction of sp³-hybridized carbons (Fsp3) is 0.480. The number of carbonyl (C=O) groups is 1. The molecular formula is C25H33N3O4. The number of carbonyl (C=O) groups excluding carboxylic acids is 1. The van der Waals surface area contributed by atoms with Crippen molar-refractivity contribution in [2.75, 3.05) is 72.7 Å². The van der Waals surface area contributed by atoms with Gasteiger partial charge in [-0.1, -0.05) is 30.3 Å². The maximum absolute atomic E-state index is 13.4. The van der Waals surface area contributed by atoms with Gasteiger partial charge < -0.3 is 19.1 Å². The van der Waals surface area contributed by atoms with Crippen LogP contribution in [0.1, 0.15) is 11.6 Å². The summed E-state index contributed by atoms with van der Waals surface area (Å²) in [5, 5.41) is 0. The zero-order valence-electron chi connectivity index (χ0n) is 18.8. The van der Waals surface area contributed by atoms with Crippen molar-refractivity contribution in [1.82, 2.24) is 14.7 Å². The van der Waals surface area contributed by atoms with Crippen molar-refractivity contribution in [1.29, 1.82) is 0 Å². The van der Waals surface area contributed by atoms with Crippen LogP contribution in [0, 0.1) is 0 Å². The molecular weight excluding hydrogens is 406 g/mol. The zero-order valence-corrected chi connectivity index (χ0v) is 18.8. The molecule has 7 nitrogen and oxygen atoms in total. The molecule has 32 heavy (non-hydrogen) atoms. The van der Waals surface area contributed by atoms with Crippen molar-refractivity contribution in [2.24, 2.45) is 0 Å². The lowest BCUT2D eigenvalue weighted by atomic mass is 10.0. The first-order valence-electron chi connectivity index (χ1n) is 11.4. The van der Waals surface area contributed by atoms with Gasteiger partial charge in [0.1, 0.15) is 24.1 Å². The van der Waals surface area contributed by atoms with Crippen LogP contribution in [0.15, 0.2) is 54.6 Å². The summed E-state index contributed by atoms with van der Waals surface area (Å²) in [6, 6.07) is 17.6. The average molecular weight is 440 g/mol. The fourth-order valence-corrected chi connectivity index (χ4v) is 4.31. The molecule has 0 aromatic heterocycles. The van der Waals surface area contributed by atoms with Crippen molar-refractivity contribution in [3.63, 3.8) is 0 Å². The van der Waals surface area contributed by atoms with Crippen LogP contribution >= 0.6 is 0 Å². The molecule has 0 saturated carbocycles. The molecule has 1 unspecified atom stereocenters. The van der Waals surface area contributed by atoms with E-state index in [1.165, 1.54) is 0 Å². The van der Waals surface area contributed by atoms with E-state index in [4.69, 9.17) is 14.2 Å². The van der Waals surface area contributed by atoms with Crippen LogP contribution in [0.2, 0.25) is 0 Å². The van der Waals surface area contributed by atoms with E-state index in [2.05, 4.69) is 21.9 Å². The molecule has 2 aliphatic rings. The third kappa shape index (κ3) is 5.79. The summed E-state index contributed by atoms with van der Waals surface area (Å²) in [4.78, 5) is 20.1. The molecule has 2 fully saturated rings. The molecule has 2 aliphatic heterocycles. The van der Waals surface area contributed by atoms with Gasteiger partial charge in [-0.2, -0.15) is 0 Å². The van der Waals surface area contributed by atoms with E-state index in [0.29, 0.717) is 32.9 Å². The van der Waals surface area contributed by atoms with Crippen molar-refractivity contribution < 1.29 is 19.0 Å². The topological polar surface area (TPSA) is 54.5 Å². The number of amides is 1. The van der Waals surface area contributed by atoms with Gasteiger partial charge in [-0.3, -0.25) is 14.6 Å². The van der Waals surface area contributed by atoms with Gasteiger partial charge in [-0.15, -0.1) is 0 Å². The van der Waals surface area contributed by atoms with E-state index >= 15 is 0 Å². The number of methoxy groups -OCH3 is 1. The van der Waals surface area contributed by atoms with Crippen LogP contribution in [0.3, 0.4) is 0 Å². The standard InChI is InChI=1S/C25H33N3O4/c1-30-22-7-9-23(10-8-22)32-20-15-26-11-13-27(14-12-26)24(21-5-3-2-4-6-21)25(29)28-16-18-31-19-17-28/h2-10,24H,11-20H2,1H3. The molecule has 2 heterocycles. The normalized spacial score (nSPS) is 18.8. The number of piperazine rings is 1. The molecule has 0 radical (unpaired) electrons. The summed E-state index contributed by atoms with van der Waals surface area (Å²) in [6.45, 7) is 7.66. The largest absolute Gasteiger partial charge is 0.497 e. The molecule has 0 spiro atoms. The highest BCUT2D eigenvalue weighted by molar-refractivity contribution is 5.83. The van der Waals surface area contributed by atoms with Crippen molar-refractivity contribution in [2.45, 2.75) is 6.04 Å². The van der Waals surface area contributed by atoms with Crippen molar-refractivity contribution in [3.8, 4) is 11.5 Å². The highest BCUT2D eigenvalue weighted by Gasteiger charge is 2.33. The van der Waals surface area contributed by atoms with Crippen LogP contribution in [-0.2, 0) is 9.53 Å². The SMILES string of the molecule is COc1ccc(OCCN2CCN(C(C(=O)N3CCOCC3)c3ccccc3)CC2)cc1. The molecule has 0 bridgehead atoms. The van der Waals surface area contributed by atoms with E-state index in [-0.39, 0.29) is 11.9 Å². The minimum Gasteiger partial charge on any atom is -0.497 e. The number of rotatable bonds is 8. The molecule has 2 aromatic rings. The Morgan fingerprint density at radius 1 is 0.906 bits per heavy atom. The summed E-state index contributed by atoms with van der Waals surface area (Å²) in [5.74, 6) is 1.87. The molecule has 172 valence electrons. The maximum atomic E-state index is 13.4. The van der Waals surface area contributed by atoms with Crippen LogP contribution in [-0.4, -0.2) is 93.4 Å². The summed E-state index contributed by atoms with van der Waals surface area (Å²) < 4.78 is 16.5. The van der Waals surface area contributed by atoms with Crippen molar-refractivity contribution in [3.05, 3.63) is 60.2 Å². The van der Waals surface area contributed by atoms with Gasteiger partial charge in [-0.25, -0.2) is 0 Å². The second-order valence-corrected chi connectivity index (χ2v) is 8.15. The molecule has 4 rings (SSSR count). The molecule has 1 amide bonds. The first-order valence-corrected chi connectivity index (χ1v) is 11.4. The Morgan fingerprint density at radius 2 is 1.56 bits per heavy atom. The van der Waals surface area contributed by atoms with E-state index < -0.39 is 0 Å². The Hall–Kier alpha value is -2.61. The monoisotopic (exact) mass is 439 g/mol. The van der Waals surface area contributed by atoms with Crippen LogP contribution in [0.25, 0.3) is 0 Å².